The summed E-state index contributed by atoms with van der Waals surface area (Å²) >= 11 is 0. The van der Waals surface area contributed by atoms with E-state index in [9.17, 15) is 14.4 Å². The topological polar surface area (TPSA) is 104 Å². The molecule has 0 radical (unpaired) electrons. The Hall–Kier alpha value is -2.97. The van der Waals surface area contributed by atoms with Gasteiger partial charge in [0.1, 0.15) is 6.04 Å². The third kappa shape index (κ3) is 4.85. The van der Waals surface area contributed by atoms with Gasteiger partial charge in [0.25, 0.3) is 5.56 Å². The van der Waals surface area contributed by atoms with E-state index in [2.05, 4.69) is 15.3 Å². The molecule has 0 saturated carbocycles. The molecule has 1 aliphatic rings. The van der Waals surface area contributed by atoms with Gasteiger partial charge in [-0.05, 0) is 25.0 Å². The van der Waals surface area contributed by atoms with Crippen molar-refractivity contribution < 1.29 is 9.59 Å². The Morgan fingerprint density at radius 1 is 1.18 bits per heavy atom. The highest BCUT2D eigenvalue weighted by atomic mass is 16.2. The van der Waals surface area contributed by atoms with Crippen LogP contribution in [-0.2, 0) is 16.0 Å². The van der Waals surface area contributed by atoms with Crippen LogP contribution in [0.1, 0.15) is 37.9 Å². The van der Waals surface area contributed by atoms with Crippen molar-refractivity contribution in [3.05, 3.63) is 46.6 Å². The molecule has 0 spiro atoms. The molecule has 3 heterocycles. The molecule has 2 amide bonds. The van der Waals surface area contributed by atoms with Gasteiger partial charge in [-0.1, -0.05) is 6.92 Å². The van der Waals surface area contributed by atoms with Crippen molar-refractivity contribution in [2.75, 3.05) is 26.2 Å². The van der Waals surface area contributed by atoms with Gasteiger partial charge in [-0.15, -0.1) is 0 Å². The molecule has 9 heteroatoms. The van der Waals surface area contributed by atoms with E-state index in [0.717, 1.165) is 6.42 Å². The summed E-state index contributed by atoms with van der Waals surface area (Å²) in [6.07, 6.45) is 5.72. The third-order valence-electron chi connectivity index (χ3n) is 5.01. The second-order valence-corrected chi connectivity index (χ2v) is 6.88. The van der Waals surface area contributed by atoms with Crippen molar-refractivity contribution in [3.8, 4) is 0 Å². The van der Waals surface area contributed by atoms with Crippen LogP contribution in [0.3, 0.4) is 0 Å². The van der Waals surface area contributed by atoms with E-state index in [1.165, 1.54) is 6.07 Å². The Labute approximate surface area is 163 Å². The second kappa shape index (κ2) is 9.29. The highest BCUT2D eigenvalue weighted by molar-refractivity contribution is 5.80. The van der Waals surface area contributed by atoms with Gasteiger partial charge in [0.2, 0.25) is 11.8 Å². The van der Waals surface area contributed by atoms with Crippen LogP contribution in [0.2, 0.25) is 0 Å². The molecular weight excluding hydrogens is 360 g/mol. The minimum absolute atomic E-state index is 0.0430. The standard InChI is InChI=1S/C19H26N6O3/c1-2-16(25-12-3-9-20-25)19(28)24-11-4-10-23(13-14-24)18(27)8-6-15-5-7-17(26)22-21-15/h3,5,7,9,12,16H,2,4,6,8,10-11,13-14H2,1H3,(H,22,26). The molecular formula is C19H26N6O3. The fourth-order valence-electron chi connectivity index (χ4n) is 3.44. The first kappa shape index (κ1) is 19.8. The van der Waals surface area contributed by atoms with Crippen LogP contribution in [0.25, 0.3) is 0 Å². The number of nitrogens with one attached hydrogen (secondary N) is 1. The van der Waals surface area contributed by atoms with Crippen LogP contribution in [-0.4, -0.2) is 67.8 Å². The molecule has 150 valence electrons. The zero-order valence-electron chi connectivity index (χ0n) is 16.1. The molecule has 0 aromatic carbocycles. The highest BCUT2D eigenvalue weighted by Gasteiger charge is 2.27. The van der Waals surface area contributed by atoms with E-state index in [4.69, 9.17) is 0 Å². The van der Waals surface area contributed by atoms with E-state index in [1.54, 1.807) is 16.9 Å². The lowest BCUT2D eigenvalue weighted by molar-refractivity contribution is -0.136. The Balaban J connectivity index is 1.53. The average molecular weight is 386 g/mol. The van der Waals surface area contributed by atoms with E-state index in [1.807, 2.05) is 29.0 Å². The van der Waals surface area contributed by atoms with Gasteiger partial charge in [0.15, 0.2) is 0 Å². The summed E-state index contributed by atoms with van der Waals surface area (Å²) in [4.78, 5) is 40.2. The number of aromatic nitrogens is 4. The van der Waals surface area contributed by atoms with Crippen LogP contribution in [0.15, 0.2) is 35.4 Å². The van der Waals surface area contributed by atoms with Gasteiger partial charge in [0, 0.05) is 57.5 Å². The predicted molar refractivity (Wildman–Crippen MR) is 103 cm³/mol. The van der Waals surface area contributed by atoms with Crippen molar-refractivity contribution in [1.29, 1.82) is 0 Å². The van der Waals surface area contributed by atoms with Crippen molar-refractivity contribution >= 4 is 11.8 Å². The maximum Gasteiger partial charge on any atom is 0.264 e. The van der Waals surface area contributed by atoms with Gasteiger partial charge >= 0.3 is 0 Å². The number of carbonyl (C=O) groups is 2. The number of nitrogens with zero attached hydrogens (tertiary/aromatic N) is 5. The molecule has 1 unspecified atom stereocenters. The summed E-state index contributed by atoms with van der Waals surface area (Å²) in [5, 5.41) is 10.5. The van der Waals surface area contributed by atoms with Crippen LogP contribution in [0.4, 0.5) is 0 Å². The van der Waals surface area contributed by atoms with Crippen LogP contribution < -0.4 is 5.56 Å². The fourth-order valence-corrected chi connectivity index (χ4v) is 3.44. The first-order valence-corrected chi connectivity index (χ1v) is 9.68. The molecule has 1 atom stereocenters. The lowest BCUT2D eigenvalue weighted by Gasteiger charge is -2.26. The van der Waals surface area contributed by atoms with Gasteiger partial charge in [-0.2, -0.15) is 10.2 Å². The van der Waals surface area contributed by atoms with Gasteiger partial charge in [0.05, 0.1) is 5.69 Å². The number of aryl methyl sites for hydroxylation is 1. The minimum atomic E-state index is -0.302. The van der Waals surface area contributed by atoms with Gasteiger partial charge in [-0.25, -0.2) is 5.10 Å². The summed E-state index contributed by atoms with van der Waals surface area (Å²) in [6.45, 7) is 4.31. The van der Waals surface area contributed by atoms with Gasteiger partial charge in [-0.3, -0.25) is 19.1 Å². The number of H-pyrrole nitrogens is 1. The zero-order chi connectivity index (χ0) is 19.9. The normalized spacial score (nSPS) is 15.9. The molecule has 2 aromatic rings. The van der Waals surface area contributed by atoms with Crippen LogP contribution in [0, 0.1) is 0 Å². The molecule has 2 aromatic heterocycles. The Bertz CT molecular complexity index is 827. The first-order chi connectivity index (χ1) is 13.6. The largest absolute Gasteiger partial charge is 0.341 e. The number of hydrogen-bond acceptors (Lipinski definition) is 5. The van der Waals surface area contributed by atoms with E-state index >= 15 is 0 Å². The predicted octanol–water partition coefficient (Wildman–Crippen LogP) is 0.611. The number of rotatable bonds is 6. The number of carbonyl (C=O) groups excluding carboxylic acids is 2. The average Bonchev–Trinajstić information content (AvgIpc) is 3.11. The number of aromatic amines is 1. The molecule has 1 aliphatic heterocycles. The first-order valence-electron chi connectivity index (χ1n) is 9.68. The maximum absolute atomic E-state index is 12.9. The second-order valence-electron chi connectivity index (χ2n) is 6.88. The summed E-state index contributed by atoms with van der Waals surface area (Å²) in [5.74, 6) is 0.0966. The molecule has 3 rings (SSSR count). The third-order valence-corrected chi connectivity index (χ3v) is 5.01. The summed E-state index contributed by atoms with van der Waals surface area (Å²) in [6, 6.07) is 4.56. The molecule has 9 nitrogen and oxygen atoms in total. The number of amides is 2. The van der Waals surface area contributed by atoms with Gasteiger partial charge < -0.3 is 9.80 Å². The van der Waals surface area contributed by atoms with Crippen molar-refractivity contribution in [3.63, 3.8) is 0 Å². The van der Waals surface area contributed by atoms with E-state index in [0.29, 0.717) is 51.1 Å². The Kier molecular flexibility index (Phi) is 6.57. The van der Waals surface area contributed by atoms with E-state index < -0.39 is 0 Å². The zero-order valence-corrected chi connectivity index (χ0v) is 16.1. The lowest BCUT2D eigenvalue weighted by atomic mass is 10.2. The number of hydrogen-bond donors (Lipinski definition) is 1. The minimum Gasteiger partial charge on any atom is -0.341 e. The van der Waals surface area contributed by atoms with Crippen molar-refractivity contribution in [2.45, 2.75) is 38.6 Å². The molecule has 1 saturated heterocycles. The summed E-state index contributed by atoms with van der Waals surface area (Å²) in [7, 11) is 0. The van der Waals surface area contributed by atoms with Crippen LogP contribution >= 0.6 is 0 Å². The quantitative estimate of drug-likeness (QED) is 0.783. The molecule has 1 fully saturated rings. The monoisotopic (exact) mass is 386 g/mol. The summed E-state index contributed by atoms with van der Waals surface area (Å²) in [5.41, 5.74) is 0.428. The Morgan fingerprint density at radius 3 is 2.64 bits per heavy atom. The summed E-state index contributed by atoms with van der Waals surface area (Å²) < 4.78 is 1.70. The smallest absolute Gasteiger partial charge is 0.264 e. The SMILES string of the molecule is CCC(C(=O)N1CCCN(C(=O)CCc2ccc(=O)[nH]n2)CC1)n1cccn1. The highest BCUT2D eigenvalue weighted by Crippen LogP contribution is 2.16. The maximum atomic E-state index is 12.9. The van der Waals surface area contributed by atoms with Crippen molar-refractivity contribution in [1.82, 2.24) is 29.8 Å². The molecule has 1 N–H and O–H groups in total. The van der Waals surface area contributed by atoms with E-state index in [-0.39, 0.29) is 23.4 Å². The molecule has 0 aliphatic carbocycles. The molecule has 0 bridgehead atoms. The Morgan fingerprint density at radius 2 is 1.96 bits per heavy atom. The van der Waals surface area contributed by atoms with Crippen molar-refractivity contribution in [2.24, 2.45) is 0 Å². The van der Waals surface area contributed by atoms with Crippen LogP contribution in [0.5, 0.6) is 0 Å². The lowest BCUT2D eigenvalue weighted by Crippen LogP contribution is -2.40. The molecule has 28 heavy (non-hydrogen) atoms. The fraction of sp³-hybridized carbons (Fsp3) is 0.526.